The average molecular weight is 452 g/mol. The Kier molecular flexibility index (Phi) is 7.62. The van der Waals surface area contributed by atoms with Crippen molar-refractivity contribution in [2.24, 2.45) is 5.92 Å². The number of amides is 2. The van der Waals surface area contributed by atoms with Gasteiger partial charge in [-0.05, 0) is 37.0 Å². The summed E-state index contributed by atoms with van der Waals surface area (Å²) in [6, 6.07) is 14.2. The molecular formula is C26H33N3O4. The van der Waals surface area contributed by atoms with Gasteiger partial charge in [0.1, 0.15) is 18.4 Å². The Balaban J connectivity index is 1.56. The lowest BCUT2D eigenvalue weighted by Crippen LogP contribution is -2.56. The van der Waals surface area contributed by atoms with Crippen LogP contribution in [0.2, 0.25) is 0 Å². The number of fused-ring (bicyclic) bond motifs is 1. The standard InChI is InChI=1S/C26H33N3O4/c1-18-11-13-20(14-12-18)16-29-23-9-5-6-10-24(23)33-17-22(26(29)31)27-21(25(30)28-32)15-19-7-3-2-4-8-19/h5-6,9-14,19,21-22,27,32H,2-4,7-8,15-17H2,1H3,(H,28,30)/t21-,22?/m0/s1. The first-order chi connectivity index (χ1) is 16.0. The first-order valence-electron chi connectivity index (χ1n) is 11.8. The Morgan fingerprint density at radius 1 is 1.12 bits per heavy atom. The highest BCUT2D eigenvalue weighted by molar-refractivity contribution is 5.99. The molecule has 2 atom stereocenters. The summed E-state index contributed by atoms with van der Waals surface area (Å²) in [6.45, 7) is 2.54. The maximum absolute atomic E-state index is 13.7. The van der Waals surface area contributed by atoms with Crippen LogP contribution in [0.4, 0.5) is 5.69 Å². The number of hydrogen-bond donors (Lipinski definition) is 3. The fraction of sp³-hybridized carbons (Fsp3) is 0.462. The molecule has 33 heavy (non-hydrogen) atoms. The van der Waals surface area contributed by atoms with E-state index in [-0.39, 0.29) is 12.5 Å². The average Bonchev–Trinajstić information content (AvgIpc) is 2.97. The van der Waals surface area contributed by atoms with Crippen molar-refractivity contribution >= 4 is 17.5 Å². The molecule has 7 heteroatoms. The zero-order valence-corrected chi connectivity index (χ0v) is 19.1. The van der Waals surface area contributed by atoms with Gasteiger partial charge in [0.05, 0.1) is 18.3 Å². The third kappa shape index (κ3) is 5.72. The molecule has 3 N–H and O–H groups in total. The molecule has 176 valence electrons. The number of benzene rings is 2. The van der Waals surface area contributed by atoms with Crippen molar-refractivity contribution in [1.29, 1.82) is 0 Å². The molecule has 0 aromatic heterocycles. The van der Waals surface area contributed by atoms with E-state index < -0.39 is 18.0 Å². The molecule has 1 aliphatic carbocycles. The number of hydroxylamine groups is 1. The van der Waals surface area contributed by atoms with Crippen LogP contribution in [0.1, 0.15) is 49.7 Å². The minimum atomic E-state index is -0.714. The van der Waals surface area contributed by atoms with Gasteiger partial charge >= 0.3 is 0 Å². The van der Waals surface area contributed by atoms with Crippen molar-refractivity contribution in [1.82, 2.24) is 10.8 Å². The van der Waals surface area contributed by atoms with Gasteiger partial charge in [0, 0.05) is 0 Å². The summed E-state index contributed by atoms with van der Waals surface area (Å²) in [5, 5.41) is 12.5. The first kappa shape index (κ1) is 23.3. The van der Waals surface area contributed by atoms with Gasteiger partial charge in [0.15, 0.2) is 0 Å². The van der Waals surface area contributed by atoms with Gasteiger partial charge in [0.2, 0.25) is 5.91 Å². The highest BCUT2D eigenvalue weighted by Crippen LogP contribution is 2.33. The zero-order valence-electron chi connectivity index (χ0n) is 19.1. The van der Waals surface area contributed by atoms with Crippen LogP contribution in [-0.4, -0.2) is 35.7 Å². The van der Waals surface area contributed by atoms with Crippen LogP contribution in [0.15, 0.2) is 48.5 Å². The molecule has 7 nitrogen and oxygen atoms in total. The Labute approximate surface area is 195 Å². The maximum atomic E-state index is 13.7. The van der Waals surface area contributed by atoms with Crippen molar-refractivity contribution in [3.05, 3.63) is 59.7 Å². The summed E-state index contributed by atoms with van der Waals surface area (Å²) in [7, 11) is 0. The summed E-state index contributed by atoms with van der Waals surface area (Å²) in [5.74, 6) is 0.369. The van der Waals surface area contributed by atoms with Gasteiger partial charge in [-0.1, -0.05) is 74.1 Å². The van der Waals surface area contributed by atoms with Crippen molar-refractivity contribution in [2.45, 2.75) is 64.1 Å². The van der Waals surface area contributed by atoms with Gasteiger partial charge in [0.25, 0.3) is 5.91 Å². The Hall–Kier alpha value is -2.90. The fourth-order valence-corrected chi connectivity index (χ4v) is 4.84. The number of nitrogens with one attached hydrogen (secondary N) is 2. The largest absolute Gasteiger partial charge is 0.489 e. The van der Waals surface area contributed by atoms with Gasteiger partial charge in [-0.3, -0.25) is 20.1 Å². The normalized spacial score (nSPS) is 19.9. The highest BCUT2D eigenvalue weighted by Gasteiger charge is 2.35. The lowest BCUT2D eigenvalue weighted by molar-refractivity contribution is -0.132. The molecule has 1 aliphatic heterocycles. The van der Waals surface area contributed by atoms with Crippen LogP contribution in [0.3, 0.4) is 0 Å². The smallest absolute Gasteiger partial charge is 0.260 e. The Bertz CT molecular complexity index is 956. The van der Waals surface area contributed by atoms with Gasteiger partial charge in [-0.2, -0.15) is 0 Å². The van der Waals surface area contributed by atoms with E-state index in [1.54, 1.807) is 10.4 Å². The number of anilines is 1. The number of ether oxygens (including phenoxy) is 1. The molecule has 0 saturated heterocycles. The lowest BCUT2D eigenvalue weighted by Gasteiger charge is -2.30. The van der Waals surface area contributed by atoms with Gasteiger partial charge in [-0.25, -0.2) is 5.48 Å². The van der Waals surface area contributed by atoms with Crippen molar-refractivity contribution in [2.75, 3.05) is 11.5 Å². The van der Waals surface area contributed by atoms with Crippen molar-refractivity contribution in [3.63, 3.8) is 0 Å². The molecule has 2 aromatic carbocycles. The predicted molar refractivity (Wildman–Crippen MR) is 126 cm³/mol. The van der Waals surface area contributed by atoms with Crippen LogP contribution in [0, 0.1) is 12.8 Å². The zero-order chi connectivity index (χ0) is 23.2. The molecule has 1 unspecified atom stereocenters. The first-order valence-corrected chi connectivity index (χ1v) is 11.8. The molecule has 1 heterocycles. The molecule has 2 aromatic rings. The number of carbonyl (C=O) groups is 2. The molecule has 1 fully saturated rings. The summed E-state index contributed by atoms with van der Waals surface area (Å²) in [5.41, 5.74) is 4.66. The second-order valence-electron chi connectivity index (χ2n) is 9.18. The maximum Gasteiger partial charge on any atom is 0.260 e. The van der Waals surface area contributed by atoms with E-state index in [1.165, 1.54) is 6.42 Å². The SMILES string of the molecule is Cc1ccc(CN2C(=O)C(N[C@@H](CC3CCCCC3)C(=O)NO)COc3ccccc32)cc1. The Morgan fingerprint density at radius 2 is 1.85 bits per heavy atom. The van der Waals surface area contributed by atoms with E-state index in [0.29, 0.717) is 30.3 Å². The van der Waals surface area contributed by atoms with Crippen LogP contribution < -0.4 is 20.4 Å². The van der Waals surface area contributed by atoms with E-state index in [1.807, 2.05) is 55.5 Å². The highest BCUT2D eigenvalue weighted by atomic mass is 16.5. The molecule has 0 radical (unpaired) electrons. The summed E-state index contributed by atoms with van der Waals surface area (Å²) >= 11 is 0. The van der Waals surface area contributed by atoms with E-state index in [9.17, 15) is 14.8 Å². The monoisotopic (exact) mass is 451 g/mol. The van der Waals surface area contributed by atoms with Crippen LogP contribution in [0.25, 0.3) is 0 Å². The second-order valence-corrected chi connectivity index (χ2v) is 9.18. The van der Waals surface area contributed by atoms with Crippen LogP contribution in [-0.2, 0) is 16.1 Å². The van der Waals surface area contributed by atoms with E-state index in [4.69, 9.17) is 4.74 Å². The third-order valence-electron chi connectivity index (χ3n) is 6.71. The fourth-order valence-electron chi connectivity index (χ4n) is 4.84. The number of rotatable bonds is 7. The number of para-hydroxylation sites is 2. The predicted octanol–water partition coefficient (Wildman–Crippen LogP) is 3.72. The number of aryl methyl sites for hydroxylation is 1. The summed E-state index contributed by atoms with van der Waals surface area (Å²) in [4.78, 5) is 27.9. The third-order valence-corrected chi connectivity index (χ3v) is 6.71. The van der Waals surface area contributed by atoms with E-state index >= 15 is 0 Å². The molecule has 0 bridgehead atoms. The minimum Gasteiger partial charge on any atom is -0.489 e. The van der Waals surface area contributed by atoms with Crippen LogP contribution >= 0.6 is 0 Å². The van der Waals surface area contributed by atoms with Gasteiger partial charge < -0.3 is 9.64 Å². The van der Waals surface area contributed by atoms with E-state index in [2.05, 4.69) is 5.32 Å². The summed E-state index contributed by atoms with van der Waals surface area (Å²) in [6.07, 6.45) is 6.25. The molecule has 2 amide bonds. The molecule has 1 saturated carbocycles. The number of hydrogen-bond acceptors (Lipinski definition) is 5. The van der Waals surface area contributed by atoms with Crippen molar-refractivity contribution < 1.29 is 19.5 Å². The topological polar surface area (TPSA) is 90.9 Å². The molecular weight excluding hydrogens is 418 g/mol. The minimum absolute atomic E-state index is 0.111. The van der Waals surface area contributed by atoms with Crippen LogP contribution in [0.5, 0.6) is 5.75 Å². The Morgan fingerprint density at radius 3 is 2.58 bits per heavy atom. The molecule has 0 spiro atoms. The molecule has 2 aliphatic rings. The molecule has 4 rings (SSSR count). The summed E-state index contributed by atoms with van der Waals surface area (Å²) < 4.78 is 6.00. The quantitative estimate of drug-likeness (QED) is 0.441. The van der Waals surface area contributed by atoms with Gasteiger partial charge in [-0.15, -0.1) is 0 Å². The number of carbonyl (C=O) groups excluding carboxylic acids is 2. The lowest BCUT2D eigenvalue weighted by atomic mass is 9.84. The second kappa shape index (κ2) is 10.8. The van der Waals surface area contributed by atoms with E-state index in [0.717, 1.165) is 36.8 Å². The van der Waals surface area contributed by atoms with Crippen molar-refractivity contribution in [3.8, 4) is 5.75 Å². The number of nitrogens with zero attached hydrogens (tertiary/aromatic N) is 1.